The molecule has 0 N–H and O–H groups in total. The normalized spacial score (nSPS) is 10.5. The number of amides is 1. The molecule has 106 valence electrons. The van der Waals surface area contributed by atoms with Gasteiger partial charge >= 0.3 is 0 Å². The van der Waals surface area contributed by atoms with E-state index in [9.17, 15) is 9.59 Å². The number of unbranched alkanes of at least 4 members (excludes halogenated alkanes) is 2. The Balaban J connectivity index is 2.82. The predicted molar refractivity (Wildman–Crippen MR) is 75.3 cm³/mol. The Morgan fingerprint density at radius 2 is 1.95 bits per heavy atom. The van der Waals surface area contributed by atoms with Gasteiger partial charge in [-0.3, -0.25) is 9.59 Å². The molecule has 0 fully saturated rings. The molecule has 0 saturated carbocycles. The smallest absolute Gasteiger partial charge is 0.274 e. The number of hydrogen-bond acceptors (Lipinski definition) is 3. The number of nitrogens with zero attached hydrogens (tertiary/aromatic N) is 3. The van der Waals surface area contributed by atoms with E-state index in [1.807, 2.05) is 0 Å². The largest absolute Gasteiger partial charge is 0.340 e. The zero-order valence-electron chi connectivity index (χ0n) is 12.1. The molecular weight excluding hydrogens is 242 g/mol. The van der Waals surface area contributed by atoms with E-state index in [2.05, 4.69) is 18.9 Å². The van der Waals surface area contributed by atoms with Crippen molar-refractivity contribution in [1.82, 2.24) is 14.7 Å². The third-order valence-electron chi connectivity index (χ3n) is 3.00. The summed E-state index contributed by atoms with van der Waals surface area (Å²) < 4.78 is 1.38. The minimum absolute atomic E-state index is 0.126. The average molecular weight is 265 g/mol. The van der Waals surface area contributed by atoms with Gasteiger partial charge in [0, 0.05) is 26.2 Å². The maximum Gasteiger partial charge on any atom is 0.274 e. The zero-order chi connectivity index (χ0) is 14.3. The SMILES string of the molecule is CCCCN(C)C(=O)c1ccc(=O)n(CCCC)n1. The van der Waals surface area contributed by atoms with Gasteiger partial charge in [0.1, 0.15) is 5.69 Å². The summed E-state index contributed by atoms with van der Waals surface area (Å²) in [5.41, 5.74) is 0.190. The highest BCUT2D eigenvalue weighted by molar-refractivity contribution is 5.91. The summed E-state index contributed by atoms with van der Waals surface area (Å²) >= 11 is 0. The molecule has 1 aromatic heterocycles. The Kier molecular flexibility index (Phi) is 6.25. The molecule has 5 heteroatoms. The molecule has 0 atom stereocenters. The van der Waals surface area contributed by atoms with E-state index in [1.165, 1.54) is 16.8 Å². The number of aryl methyl sites for hydroxylation is 1. The maximum absolute atomic E-state index is 12.1. The van der Waals surface area contributed by atoms with Gasteiger partial charge in [-0.05, 0) is 18.9 Å². The first-order valence-electron chi connectivity index (χ1n) is 6.93. The Bertz CT molecular complexity index is 468. The molecule has 0 aliphatic rings. The molecule has 0 unspecified atom stereocenters. The minimum atomic E-state index is -0.152. The molecule has 0 bridgehead atoms. The molecule has 0 aliphatic heterocycles. The number of carbonyl (C=O) groups excluding carboxylic acids is 1. The molecule has 1 heterocycles. The van der Waals surface area contributed by atoms with E-state index in [0.29, 0.717) is 18.8 Å². The highest BCUT2D eigenvalue weighted by Crippen LogP contribution is 2.01. The first-order chi connectivity index (χ1) is 9.10. The van der Waals surface area contributed by atoms with E-state index in [1.54, 1.807) is 11.9 Å². The van der Waals surface area contributed by atoms with Crippen LogP contribution < -0.4 is 5.56 Å². The summed E-state index contributed by atoms with van der Waals surface area (Å²) in [6, 6.07) is 2.93. The van der Waals surface area contributed by atoms with Crippen LogP contribution >= 0.6 is 0 Å². The van der Waals surface area contributed by atoms with Crippen molar-refractivity contribution in [3.05, 3.63) is 28.2 Å². The van der Waals surface area contributed by atoms with Crippen LogP contribution in [0, 0.1) is 0 Å². The van der Waals surface area contributed by atoms with Gasteiger partial charge < -0.3 is 4.90 Å². The van der Waals surface area contributed by atoms with Gasteiger partial charge in [0.2, 0.25) is 0 Å². The fourth-order valence-electron chi connectivity index (χ4n) is 1.72. The van der Waals surface area contributed by atoms with Crippen molar-refractivity contribution in [2.75, 3.05) is 13.6 Å². The van der Waals surface area contributed by atoms with Crippen molar-refractivity contribution in [2.24, 2.45) is 0 Å². The van der Waals surface area contributed by atoms with Crippen LogP contribution in [0.25, 0.3) is 0 Å². The Morgan fingerprint density at radius 3 is 2.58 bits per heavy atom. The summed E-state index contributed by atoms with van der Waals surface area (Å²) in [6.45, 7) is 5.42. The topological polar surface area (TPSA) is 55.2 Å². The van der Waals surface area contributed by atoms with Gasteiger partial charge in [0.25, 0.3) is 11.5 Å². The molecule has 1 rings (SSSR count). The molecule has 19 heavy (non-hydrogen) atoms. The van der Waals surface area contributed by atoms with Crippen LogP contribution in [-0.2, 0) is 6.54 Å². The van der Waals surface area contributed by atoms with E-state index >= 15 is 0 Å². The van der Waals surface area contributed by atoms with Crippen LogP contribution in [-0.4, -0.2) is 34.2 Å². The lowest BCUT2D eigenvalue weighted by Crippen LogP contribution is -2.31. The first kappa shape index (κ1) is 15.4. The van der Waals surface area contributed by atoms with Crippen LogP contribution in [0.5, 0.6) is 0 Å². The Morgan fingerprint density at radius 1 is 1.26 bits per heavy atom. The molecule has 0 aromatic carbocycles. The lowest BCUT2D eigenvalue weighted by molar-refractivity contribution is 0.0784. The van der Waals surface area contributed by atoms with Crippen molar-refractivity contribution < 1.29 is 4.79 Å². The van der Waals surface area contributed by atoms with Crippen molar-refractivity contribution in [2.45, 2.75) is 46.1 Å². The van der Waals surface area contributed by atoms with Gasteiger partial charge in [-0.15, -0.1) is 0 Å². The van der Waals surface area contributed by atoms with E-state index in [4.69, 9.17) is 0 Å². The third kappa shape index (κ3) is 4.50. The summed E-state index contributed by atoms with van der Waals surface area (Å²) in [6.07, 6.45) is 3.89. The molecule has 0 aliphatic carbocycles. The molecular formula is C14H23N3O2. The van der Waals surface area contributed by atoms with Crippen LogP contribution in [0.1, 0.15) is 50.0 Å². The second kappa shape index (κ2) is 7.71. The fraction of sp³-hybridized carbons (Fsp3) is 0.643. The summed E-state index contributed by atoms with van der Waals surface area (Å²) in [4.78, 5) is 25.4. The van der Waals surface area contributed by atoms with Crippen LogP contribution in [0.4, 0.5) is 0 Å². The molecule has 1 amide bonds. The van der Waals surface area contributed by atoms with Gasteiger partial charge in [0.05, 0.1) is 0 Å². The van der Waals surface area contributed by atoms with E-state index in [0.717, 1.165) is 25.7 Å². The first-order valence-corrected chi connectivity index (χ1v) is 6.93. The summed E-state index contributed by atoms with van der Waals surface area (Å²) in [5, 5.41) is 4.15. The van der Waals surface area contributed by atoms with Gasteiger partial charge in [-0.2, -0.15) is 5.10 Å². The molecule has 1 aromatic rings. The third-order valence-corrected chi connectivity index (χ3v) is 3.00. The Labute approximate surface area is 114 Å². The lowest BCUT2D eigenvalue weighted by Gasteiger charge is -2.16. The average Bonchev–Trinajstić information content (AvgIpc) is 2.43. The van der Waals surface area contributed by atoms with E-state index < -0.39 is 0 Å². The maximum atomic E-state index is 12.1. The summed E-state index contributed by atoms with van der Waals surface area (Å²) in [5.74, 6) is -0.126. The molecule has 0 saturated heterocycles. The van der Waals surface area contributed by atoms with Crippen LogP contribution in [0.15, 0.2) is 16.9 Å². The second-order valence-electron chi connectivity index (χ2n) is 4.71. The van der Waals surface area contributed by atoms with Crippen molar-refractivity contribution in [1.29, 1.82) is 0 Å². The quantitative estimate of drug-likeness (QED) is 0.756. The highest BCUT2D eigenvalue weighted by atomic mass is 16.2. The number of rotatable bonds is 7. The zero-order valence-corrected chi connectivity index (χ0v) is 12.1. The minimum Gasteiger partial charge on any atom is -0.340 e. The van der Waals surface area contributed by atoms with Crippen molar-refractivity contribution in [3.8, 4) is 0 Å². The van der Waals surface area contributed by atoms with Crippen molar-refractivity contribution in [3.63, 3.8) is 0 Å². The summed E-state index contributed by atoms with van der Waals surface area (Å²) in [7, 11) is 1.77. The molecule has 0 radical (unpaired) electrons. The number of hydrogen-bond donors (Lipinski definition) is 0. The van der Waals surface area contributed by atoms with Crippen LogP contribution in [0.2, 0.25) is 0 Å². The van der Waals surface area contributed by atoms with Gasteiger partial charge in [-0.25, -0.2) is 4.68 Å². The second-order valence-corrected chi connectivity index (χ2v) is 4.71. The van der Waals surface area contributed by atoms with Gasteiger partial charge in [0.15, 0.2) is 0 Å². The van der Waals surface area contributed by atoms with Crippen LogP contribution in [0.3, 0.4) is 0 Å². The standard InChI is InChI=1S/C14H23N3O2/c1-4-6-10-16(3)14(19)12-8-9-13(18)17(15-12)11-7-5-2/h8-9H,4-7,10-11H2,1-3H3. The molecule has 5 nitrogen and oxygen atoms in total. The van der Waals surface area contributed by atoms with E-state index in [-0.39, 0.29) is 11.5 Å². The Hall–Kier alpha value is -1.65. The highest BCUT2D eigenvalue weighted by Gasteiger charge is 2.13. The van der Waals surface area contributed by atoms with Gasteiger partial charge in [-0.1, -0.05) is 26.7 Å². The monoisotopic (exact) mass is 265 g/mol. The molecule has 0 spiro atoms. The number of carbonyl (C=O) groups is 1. The van der Waals surface area contributed by atoms with Crippen molar-refractivity contribution >= 4 is 5.91 Å². The number of aromatic nitrogens is 2. The predicted octanol–water partition coefficient (Wildman–Crippen LogP) is 1.92. The fourth-order valence-corrected chi connectivity index (χ4v) is 1.72. The lowest BCUT2D eigenvalue weighted by atomic mass is 10.3.